The Balaban J connectivity index is 0.00000109. The van der Waals surface area contributed by atoms with Gasteiger partial charge < -0.3 is 4.74 Å². The summed E-state index contributed by atoms with van der Waals surface area (Å²) in [7, 11) is -2.49. The van der Waals surface area contributed by atoms with Crippen molar-refractivity contribution in [1.82, 2.24) is 4.31 Å². The molecule has 134 valence electrons. The first kappa shape index (κ1) is 19.9. The van der Waals surface area contributed by atoms with E-state index in [2.05, 4.69) is 22.6 Å². The number of hydrogen-bond acceptors (Lipinski definition) is 4. The quantitative estimate of drug-likeness (QED) is 0.296. The van der Waals surface area contributed by atoms with E-state index in [-0.39, 0.29) is 4.90 Å². The topological polar surface area (TPSA) is 63.5 Å². The first-order valence-corrected chi connectivity index (χ1v) is 11.2. The number of carbonyl (C=O) groups is 1. The molecule has 3 rings (SSSR count). The number of nitrogens with zero attached hydrogens (tertiary/aromatic N) is 1. The van der Waals surface area contributed by atoms with Crippen LogP contribution in [0.4, 0.5) is 0 Å². The molecule has 25 heavy (non-hydrogen) atoms. The van der Waals surface area contributed by atoms with Crippen LogP contribution in [0.25, 0.3) is 0 Å². The van der Waals surface area contributed by atoms with Gasteiger partial charge in [0.2, 0.25) is 10.0 Å². The minimum Gasteiger partial charge on any atom is -0.468 e. The van der Waals surface area contributed by atoms with E-state index in [0.717, 1.165) is 11.1 Å². The van der Waals surface area contributed by atoms with Crippen molar-refractivity contribution < 1.29 is 17.9 Å². The molecule has 1 fully saturated rings. The molecule has 2 aromatic carbocycles. The lowest BCUT2D eigenvalue weighted by Gasteiger charge is -2.07. The van der Waals surface area contributed by atoms with Gasteiger partial charge in [-0.1, -0.05) is 70.6 Å². The van der Waals surface area contributed by atoms with Crippen LogP contribution in [0.1, 0.15) is 17.2 Å². The smallest absolute Gasteiger partial charge is 0.326 e. The summed E-state index contributed by atoms with van der Waals surface area (Å²) in [6.45, 7) is 1.89. The van der Waals surface area contributed by atoms with Gasteiger partial charge in [0.05, 0.1) is 18.0 Å². The van der Waals surface area contributed by atoms with Crippen LogP contribution < -0.4 is 0 Å². The molecular formula is C18H20INO4S. The zero-order valence-corrected chi connectivity index (χ0v) is 17.2. The molecule has 0 aliphatic carbocycles. The molecule has 7 heteroatoms. The summed E-state index contributed by atoms with van der Waals surface area (Å²) in [6.07, 6.45) is 0. The average Bonchev–Trinajstić information content (AvgIpc) is 3.40. The van der Waals surface area contributed by atoms with Crippen LogP contribution in [0, 0.1) is 6.92 Å². The number of halogens is 1. The fourth-order valence-electron chi connectivity index (χ4n) is 2.68. The molecule has 3 atom stereocenters. The average molecular weight is 473 g/mol. The van der Waals surface area contributed by atoms with Crippen molar-refractivity contribution in [3.63, 3.8) is 0 Å². The third-order valence-electron chi connectivity index (χ3n) is 3.94. The second-order valence-electron chi connectivity index (χ2n) is 5.47. The minimum atomic E-state index is -3.75. The largest absolute Gasteiger partial charge is 0.468 e. The molecule has 0 spiro atoms. The van der Waals surface area contributed by atoms with Gasteiger partial charge in [-0.3, -0.25) is 4.79 Å². The molecule has 1 heterocycles. The minimum absolute atomic E-state index is 0.176. The van der Waals surface area contributed by atoms with Gasteiger partial charge in [0.1, 0.15) is 6.04 Å². The number of carbonyl (C=O) groups excluding carboxylic acids is 1. The Morgan fingerprint density at radius 1 is 1.04 bits per heavy atom. The summed E-state index contributed by atoms with van der Waals surface area (Å²) in [5.41, 5.74) is 1.75. The highest BCUT2D eigenvalue weighted by molar-refractivity contribution is 14.1. The van der Waals surface area contributed by atoms with Crippen molar-refractivity contribution in [2.24, 2.45) is 0 Å². The molecule has 0 saturated carbocycles. The molecule has 1 aliphatic rings. The van der Waals surface area contributed by atoms with Crippen LogP contribution >= 0.6 is 22.6 Å². The lowest BCUT2D eigenvalue weighted by Crippen LogP contribution is -2.20. The number of alkyl halides is 1. The molecule has 0 aromatic heterocycles. The van der Waals surface area contributed by atoms with E-state index in [1.807, 2.05) is 42.2 Å². The number of methoxy groups -OCH3 is 1. The molecule has 0 amide bonds. The molecule has 0 radical (unpaired) electrons. The van der Waals surface area contributed by atoms with Gasteiger partial charge in [-0.2, -0.15) is 4.31 Å². The number of rotatable bonds is 4. The lowest BCUT2D eigenvalue weighted by atomic mass is 10.1. The van der Waals surface area contributed by atoms with E-state index in [0.29, 0.717) is 0 Å². The van der Waals surface area contributed by atoms with Gasteiger partial charge in [0, 0.05) is 0 Å². The monoisotopic (exact) mass is 473 g/mol. The van der Waals surface area contributed by atoms with Gasteiger partial charge in [-0.15, -0.1) is 0 Å². The van der Waals surface area contributed by atoms with Crippen molar-refractivity contribution >= 4 is 38.6 Å². The Morgan fingerprint density at radius 2 is 1.60 bits per heavy atom. The van der Waals surface area contributed by atoms with Gasteiger partial charge in [-0.25, -0.2) is 8.42 Å². The summed E-state index contributed by atoms with van der Waals surface area (Å²) in [5.74, 6) is -0.547. The lowest BCUT2D eigenvalue weighted by molar-refractivity contribution is -0.140. The SMILES string of the molecule is CI.COC(=O)[C@@H]1[C@@H](c2ccccc2)N1S(=O)(=O)c1ccc(C)cc1. The molecule has 1 saturated heterocycles. The fraction of sp³-hybridized carbons (Fsp3) is 0.278. The summed E-state index contributed by atoms with van der Waals surface area (Å²) in [6, 6.07) is 14.4. The van der Waals surface area contributed by atoms with Crippen molar-refractivity contribution in [1.29, 1.82) is 0 Å². The van der Waals surface area contributed by atoms with Crippen LogP contribution in [0.2, 0.25) is 0 Å². The van der Waals surface area contributed by atoms with Crippen LogP contribution in [-0.4, -0.2) is 36.8 Å². The Labute approximate surface area is 162 Å². The van der Waals surface area contributed by atoms with Gasteiger partial charge >= 0.3 is 5.97 Å². The number of benzene rings is 2. The normalized spacial score (nSPS) is 21.7. The Morgan fingerprint density at radius 3 is 2.12 bits per heavy atom. The maximum atomic E-state index is 12.8. The van der Waals surface area contributed by atoms with Crippen molar-refractivity contribution in [2.45, 2.75) is 23.9 Å². The van der Waals surface area contributed by atoms with E-state index in [1.54, 1.807) is 24.3 Å². The highest BCUT2D eigenvalue weighted by atomic mass is 127. The van der Waals surface area contributed by atoms with Crippen molar-refractivity contribution in [3.05, 3.63) is 65.7 Å². The molecule has 1 unspecified atom stereocenters. The van der Waals surface area contributed by atoms with E-state index in [1.165, 1.54) is 11.4 Å². The predicted molar refractivity (Wildman–Crippen MR) is 105 cm³/mol. The van der Waals surface area contributed by atoms with Crippen LogP contribution in [0.5, 0.6) is 0 Å². The zero-order valence-electron chi connectivity index (χ0n) is 14.2. The Bertz CT molecular complexity index is 822. The number of ether oxygens (including phenoxy) is 1. The number of sulfonamides is 1. The van der Waals surface area contributed by atoms with E-state index in [9.17, 15) is 13.2 Å². The molecular weight excluding hydrogens is 453 g/mol. The Hall–Kier alpha value is -1.45. The maximum Gasteiger partial charge on any atom is 0.326 e. The van der Waals surface area contributed by atoms with Crippen molar-refractivity contribution in [2.75, 3.05) is 12.0 Å². The maximum absolute atomic E-state index is 12.8. The standard InChI is InChI=1S/C17H17NO4S.CH3I/c1-12-8-10-14(11-9-12)23(20,21)18-15(16(18)17(19)22-2)13-6-4-3-5-7-13;1-2/h3-11,15-16H,1-2H3;1H3/t15-,16+,18?;/m1./s1. The van der Waals surface area contributed by atoms with E-state index < -0.39 is 28.1 Å². The summed E-state index contributed by atoms with van der Waals surface area (Å²) < 4.78 is 31.6. The number of aryl methyl sites for hydroxylation is 1. The molecule has 0 N–H and O–H groups in total. The third-order valence-corrected chi connectivity index (χ3v) is 5.82. The highest BCUT2D eigenvalue weighted by Gasteiger charge is 2.61. The second kappa shape index (κ2) is 8.29. The third kappa shape index (κ3) is 4.04. The molecule has 2 aromatic rings. The number of esters is 1. The molecule has 0 bridgehead atoms. The van der Waals surface area contributed by atoms with Crippen LogP contribution in [0.15, 0.2) is 59.5 Å². The first-order chi connectivity index (χ1) is 12.0. The first-order valence-electron chi connectivity index (χ1n) is 7.57. The Kier molecular flexibility index (Phi) is 6.59. The highest BCUT2D eigenvalue weighted by Crippen LogP contribution is 2.48. The second-order valence-corrected chi connectivity index (χ2v) is 7.31. The summed E-state index contributed by atoms with van der Waals surface area (Å²) >= 11 is 2.15. The van der Waals surface area contributed by atoms with Gasteiger partial charge in [0.15, 0.2) is 0 Å². The number of hydrogen-bond donors (Lipinski definition) is 0. The predicted octanol–water partition coefficient (Wildman–Crippen LogP) is 3.33. The van der Waals surface area contributed by atoms with Gasteiger partial charge in [0.25, 0.3) is 0 Å². The summed E-state index contributed by atoms with van der Waals surface area (Å²) in [4.78, 5) is 14.1. The van der Waals surface area contributed by atoms with E-state index in [4.69, 9.17) is 4.74 Å². The van der Waals surface area contributed by atoms with Crippen LogP contribution in [-0.2, 0) is 19.6 Å². The van der Waals surface area contributed by atoms with Crippen molar-refractivity contribution in [3.8, 4) is 0 Å². The van der Waals surface area contributed by atoms with Gasteiger partial charge in [-0.05, 0) is 29.6 Å². The zero-order chi connectivity index (χ0) is 18.6. The van der Waals surface area contributed by atoms with Crippen LogP contribution in [0.3, 0.4) is 0 Å². The molecule has 5 nitrogen and oxygen atoms in total. The fourth-order valence-corrected chi connectivity index (χ4v) is 4.38. The molecule has 1 aliphatic heterocycles. The summed E-state index contributed by atoms with van der Waals surface area (Å²) in [5, 5.41) is 0. The van der Waals surface area contributed by atoms with E-state index >= 15 is 0 Å².